The number of nitrogens with one attached hydrogen (secondary N) is 1. The molecule has 0 unspecified atom stereocenters. The molecule has 1 aromatic heterocycles. The molecule has 0 aliphatic heterocycles. The molecule has 0 spiro atoms. The molecule has 3 aromatic rings. The van der Waals surface area contributed by atoms with Crippen LogP contribution >= 0.6 is 0 Å². The fraction of sp³-hybridized carbons (Fsp3) is 0.158. The number of carbonyl (C=O) groups excluding carboxylic acids is 1. The van der Waals surface area contributed by atoms with Gasteiger partial charge in [-0.05, 0) is 37.1 Å². The molecule has 0 fully saturated rings. The third-order valence-corrected chi connectivity index (χ3v) is 4.26. The van der Waals surface area contributed by atoms with Crippen LogP contribution in [0.2, 0.25) is 0 Å². The van der Waals surface area contributed by atoms with Crippen molar-refractivity contribution in [2.75, 3.05) is 0 Å². The lowest BCUT2D eigenvalue weighted by Gasteiger charge is -2.17. The van der Waals surface area contributed by atoms with Crippen molar-refractivity contribution in [1.29, 1.82) is 0 Å². The molecule has 1 heterocycles. The summed E-state index contributed by atoms with van der Waals surface area (Å²) in [6.07, 6.45) is -4.72. The second-order valence-electron chi connectivity index (χ2n) is 5.96. The number of rotatable bonds is 2. The molecule has 0 radical (unpaired) electrons. The minimum Gasteiger partial charge on any atom is -0.507 e. The van der Waals surface area contributed by atoms with Crippen LogP contribution in [-0.2, 0) is 6.18 Å². The second kappa shape index (κ2) is 6.01. The molecule has 2 N–H and O–H groups in total. The molecular formula is C19H14F3NO3. The fourth-order valence-electron chi connectivity index (χ4n) is 3.15. The lowest BCUT2D eigenvalue weighted by atomic mass is 9.90. The van der Waals surface area contributed by atoms with Crippen LogP contribution < -0.4 is 5.56 Å². The Morgan fingerprint density at radius 3 is 2.46 bits per heavy atom. The summed E-state index contributed by atoms with van der Waals surface area (Å²) in [4.78, 5) is 25.9. The van der Waals surface area contributed by atoms with Gasteiger partial charge < -0.3 is 10.1 Å². The van der Waals surface area contributed by atoms with Gasteiger partial charge in [-0.25, -0.2) is 0 Å². The number of hydrogen-bond acceptors (Lipinski definition) is 3. The topological polar surface area (TPSA) is 70.2 Å². The van der Waals surface area contributed by atoms with Crippen LogP contribution in [0, 0.1) is 6.92 Å². The van der Waals surface area contributed by atoms with Crippen molar-refractivity contribution in [3.63, 3.8) is 0 Å². The van der Waals surface area contributed by atoms with Crippen LogP contribution in [0.3, 0.4) is 0 Å². The number of aromatic amines is 1. The number of aryl methyl sites for hydroxylation is 1. The van der Waals surface area contributed by atoms with Crippen molar-refractivity contribution in [2.45, 2.75) is 20.0 Å². The normalized spacial score (nSPS) is 11.7. The number of ketones is 1. The first-order valence-corrected chi connectivity index (χ1v) is 7.68. The molecule has 26 heavy (non-hydrogen) atoms. The van der Waals surface area contributed by atoms with E-state index in [4.69, 9.17) is 0 Å². The average molecular weight is 361 g/mol. The predicted octanol–water partition coefficient (Wildman–Crippen LogP) is 4.43. The Morgan fingerprint density at radius 1 is 1.15 bits per heavy atom. The maximum Gasteiger partial charge on any atom is 0.417 e. The number of H-pyrrole nitrogens is 1. The Hall–Kier alpha value is -3.09. The summed E-state index contributed by atoms with van der Waals surface area (Å²) < 4.78 is 40.3. The molecule has 0 aliphatic rings. The lowest BCUT2D eigenvalue weighted by Crippen LogP contribution is -2.14. The zero-order valence-electron chi connectivity index (χ0n) is 13.9. The molecular weight excluding hydrogens is 347 g/mol. The number of alkyl halides is 3. The van der Waals surface area contributed by atoms with E-state index in [1.807, 2.05) is 0 Å². The van der Waals surface area contributed by atoms with Gasteiger partial charge in [-0.2, -0.15) is 13.2 Å². The zero-order chi connectivity index (χ0) is 19.2. The van der Waals surface area contributed by atoms with Gasteiger partial charge >= 0.3 is 6.18 Å². The molecule has 0 bridgehead atoms. The Kier molecular flexibility index (Phi) is 4.10. The largest absolute Gasteiger partial charge is 0.507 e. The molecule has 3 rings (SSSR count). The van der Waals surface area contributed by atoms with Gasteiger partial charge in [-0.15, -0.1) is 0 Å². The van der Waals surface area contributed by atoms with E-state index in [1.54, 1.807) is 0 Å². The zero-order valence-corrected chi connectivity index (χ0v) is 13.9. The number of pyridine rings is 1. The highest BCUT2D eigenvalue weighted by Crippen LogP contribution is 2.41. The number of Topliss-reactive ketones (excluding diaryl/α,β-unsaturated/α-hetero) is 1. The van der Waals surface area contributed by atoms with Crippen molar-refractivity contribution >= 4 is 16.7 Å². The summed E-state index contributed by atoms with van der Waals surface area (Å²) in [5, 5.41) is 10.1. The van der Waals surface area contributed by atoms with Gasteiger partial charge in [0, 0.05) is 28.1 Å². The SMILES string of the molecule is CC(=O)c1cccc(O)c1-c1ccc2[nH]c(=O)cc(C(F)(F)F)c2c1C. The number of phenolic OH excluding ortho intramolecular Hbond substituents is 1. The number of hydrogen-bond donors (Lipinski definition) is 2. The molecule has 7 heteroatoms. The molecule has 2 aromatic carbocycles. The minimum absolute atomic E-state index is 0.0332. The van der Waals surface area contributed by atoms with Gasteiger partial charge in [-0.3, -0.25) is 9.59 Å². The van der Waals surface area contributed by atoms with Crippen LogP contribution in [0.15, 0.2) is 41.2 Å². The number of halogens is 3. The van der Waals surface area contributed by atoms with Gasteiger partial charge in [0.2, 0.25) is 5.56 Å². The van der Waals surface area contributed by atoms with E-state index in [-0.39, 0.29) is 39.1 Å². The molecule has 0 saturated carbocycles. The third kappa shape index (κ3) is 2.85. The standard InChI is InChI=1S/C19H14F3NO3/c1-9-11(18-12(10(2)24)4-3-5-15(18)25)6-7-14-17(9)13(19(20,21)22)8-16(26)23-14/h3-8,25H,1-2H3,(H,23,26). The van der Waals surface area contributed by atoms with Crippen molar-refractivity contribution in [3.05, 3.63) is 63.4 Å². The Bertz CT molecular complexity index is 1100. The van der Waals surface area contributed by atoms with Crippen molar-refractivity contribution in [1.82, 2.24) is 4.98 Å². The smallest absolute Gasteiger partial charge is 0.417 e. The summed E-state index contributed by atoms with van der Waals surface area (Å²) in [5.74, 6) is -0.536. The van der Waals surface area contributed by atoms with E-state index in [9.17, 15) is 27.9 Å². The second-order valence-corrected chi connectivity index (χ2v) is 5.96. The fourth-order valence-corrected chi connectivity index (χ4v) is 3.15. The number of fused-ring (bicyclic) bond motifs is 1. The van der Waals surface area contributed by atoms with Crippen LogP contribution in [0.4, 0.5) is 13.2 Å². The molecule has 0 amide bonds. The van der Waals surface area contributed by atoms with E-state index in [1.165, 1.54) is 44.2 Å². The van der Waals surface area contributed by atoms with Gasteiger partial charge in [0.1, 0.15) is 5.75 Å². The molecule has 134 valence electrons. The summed E-state index contributed by atoms with van der Waals surface area (Å²) in [7, 11) is 0. The van der Waals surface area contributed by atoms with Crippen LogP contribution in [0.25, 0.3) is 22.0 Å². The third-order valence-electron chi connectivity index (χ3n) is 4.26. The molecule has 0 saturated heterocycles. The number of carbonyl (C=O) groups is 1. The van der Waals surface area contributed by atoms with Crippen molar-refractivity contribution in [3.8, 4) is 16.9 Å². The first-order chi connectivity index (χ1) is 12.1. The van der Waals surface area contributed by atoms with Crippen molar-refractivity contribution in [2.24, 2.45) is 0 Å². The molecule has 0 atom stereocenters. The maximum absolute atomic E-state index is 13.4. The molecule has 4 nitrogen and oxygen atoms in total. The number of benzene rings is 2. The van der Waals surface area contributed by atoms with E-state index in [0.717, 1.165) is 0 Å². The highest BCUT2D eigenvalue weighted by atomic mass is 19.4. The summed E-state index contributed by atoms with van der Waals surface area (Å²) in [6, 6.07) is 7.68. The van der Waals surface area contributed by atoms with E-state index in [2.05, 4.69) is 4.98 Å². The minimum atomic E-state index is -4.72. The number of aromatic nitrogens is 1. The van der Waals surface area contributed by atoms with E-state index < -0.39 is 17.3 Å². The van der Waals surface area contributed by atoms with E-state index >= 15 is 0 Å². The highest BCUT2D eigenvalue weighted by Gasteiger charge is 2.34. The number of aromatic hydroxyl groups is 1. The van der Waals surface area contributed by atoms with Crippen LogP contribution in [0.5, 0.6) is 5.75 Å². The quantitative estimate of drug-likeness (QED) is 0.664. The van der Waals surface area contributed by atoms with Crippen LogP contribution in [-0.4, -0.2) is 15.9 Å². The predicted molar refractivity (Wildman–Crippen MR) is 91.4 cm³/mol. The Balaban J connectivity index is 2.46. The monoisotopic (exact) mass is 361 g/mol. The first-order valence-electron chi connectivity index (χ1n) is 7.68. The highest BCUT2D eigenvalue weighted by molar-refractivity contribution is 6.04. The Morgan fingerprint density at radius 2 is 1.85 bits per heavy atom. The summed E-state index contributed by atoms with van der Waals surface area (Å²) in [6.45, 7) is 2.77. The maximum atomic E-state index is 13.4. The lowest BCUT2D eigenvalue weighted by molar-refractivity contribution is -0.136. The summed E-state index contributed by atoms with van der Waals surface area (Å²) >= 11 is 0. The first kappa shape index (κ1) is 17.7. The van der Waals surface area contributed by atoms with Crippen molar-refractivity contribution < 1.29 is 23.1 Å². The van der Waals surface area contributed by atoms with Gasteiger partial charge in [0.05, 0.1) is 5.56 Å². The Labute approximate surface area is 145 Å². The van der Waals surface area contributed by atoms with Gasteiger partial charge in [0.25, 0.3) is 0 Å². The van der Waals surface area contributed by atoms with Crippen LogP contribution in [0.1, 0.15) is 28.4 Å². The van der Waals surface area contributed by atoms with E-state index in [0.29, 0.717) is 11.6 Å². The number of phenols is 1. The molecule has 0 aliphatic carbocycles. The summed E-state index contributed by atoms with van der Waals surface area (Å²) in [5.41, 5.74) is -1.03. The average Bonchev–Trinajstić information content (AvgIpc) is 2.53. The van der Waals surface area contributed by atoms with Gasteiger partial charge in [-0.1, -0.05) is 18.2 Å². The van der Waals surface area contributed by atoms with Gasteiger partial charge in [0.15, 0.2) is 5.78 Å².